The number of nitrogen functional groups attached to an aromatic ring is 1. The molecule has 2 rings (SSSR count). The number of carbonyl (C=O) groups excluding carboxylic acids is 2. The van der Waals surface area contributed by atoms with Gasteiger partial charge < -0.3 is 16.2 Å². The van der Waals surface area contributed by atoms with E-state index in [1.165, 1.54) is 7.05 Å². The molecule has 1 aliphatic heterocycles. The van der Waals surface area contributed by atoms with Crippen molar-refractivity contribution in [3.8, 4) is 0 Å². The Balaban J connectivity index is 2.24. The third-order valence-corrected chi connectivity index (χ3v) is 3.35. The van der Waals surface area contributed by atoms with Crippen LogP contribution in [0.5, 0.6) is 0 Å². The van der Waals surface area contributed by atoms with Crippen molar-refractivity contribution in [3.05, 3.63) is 23.5 Å². The molecule has 1 heterocycles. The number of carboxylic acids is 1. The van der Waals surface area contributed by atoms with Crippen LogP contribution in [0.1, 0.15) is 23.2 Å². The number of likely N-dealkylation sites (N-methyl/N-ethyl adjacent to an activating group) is 1. The van der Waals surface area contributed by atoms with Crippen molar-refractivity contribution in [1.29, 1.82) is 0 Å². The molecule has 112 valence electrons. The van der Waals surface area contributed by atoms with Gasteiger partial charge in [-0.1, -0.05) is 0 Å². The number of carboxylic acid groups (broad SMARTS) is 1. The number of likely N-dealkylation sites (tertiary alicyclic amines) is 1. The third-order valence-electron chi connectivity index (χ3n) is 3.35. The quantitative estimate of drug-likeness (QED) is 0.558. The average molecular weight is 295 g/mol. The monoisotopic (exact) mass is 295 g/mol. The van der Waals surface area contributed by atoms with Crippen molar-refractivity contribution in [2.45, 2.75) is 18.9 Å². The highest BCUT2D eigenvalue weighted by Crippen LogP contribution is 2.26. The number of amides is 2. The summed E-state index contributed by atoms with van der Waals surface area (Å²) in [7, 11) is 1.37. The van der Waals surface area contributed by atoms with E-state index in [9.17, 15) is 18.8 Å². The van der Waals surface area contributed by atoms with Crippen molar-refractivity contribution in [3.63, 3.8) is 0 Å². The van der Waals surface area contributed by atoms with Crippen LogP contribution in [0.25, 0.3) is 0 Å². The van der Waals surface area contributed by atoms with Crippen LogP contribution >= 0.6 is 0 Å². The Morgan fingerprint density at radius 2 is 2.14 bits per heavy atom. The Kier molecular flexibility index (Phi) is 3.79. The molecule has 0 aromatic heterocycles. The summed E-state index contributed by atoms with van der Waals surface area (Å²) in [6.07, 6.45) is 0.458. The molecule has 8 heteroatoms. The van der Waals surface area contributed by atoms with E-state index >= 15 is 0 Å². The standard InChI is InChI=1S/C13H14FN3O4/c1-17-11(18)3-2-9(12(17)19)16-10-5-7(14)6(13(20)21)4-8(10)15/h4-5,9,16H,2-3,15H2,1H3,(H,20,21). The lowest BCUT2D eigenvalue weighted by Crippen LogP contribution is -2.48. The minimum Gasteiger partial charge on any atom is -0.478 e. The maximum atomic E-state index is 13.6. The predicted molar refractivity (Wildman–Crippen MR) is 72.2 cm³/mol. The maximum absolute atomic E-state index is 13.6. The van der Waals surface area contributed by atoms with Crippen LogP contribution in [-0.2, 0) is 9.59 Å². The van der Waals surface area contributed by atoms with Crippen LogP contribution in [0, 0.1) is 5.82 Å². The second-order valence-electron chi connectivity index (χ2n) is 4.75. The van der Waals surface area contributed by atoms with Crippen LogP contribution in [0.2, 0.25) is 0 Å². The summed E-state index contributed by atoms with van der Waals surface area (Å²) in [5.41, 5.74) is 5.27. The molecule has 2 amide bonds. The van der Waals surface area contributed by atoms with Gasteiger partial charge in [0, 0.05) is 13.5 Å². The minimum absolute atomic E-state index is 0.0150. The Morgan fingerprint density at radius 3 is 2.76 bits per heavy atom. The average Bonchev–Trinajstić information content (AvgIpc) is 2.42. The summed E-state index contributed by atoms with van der Waals surface area (Å²) < 4.78 is 13.6. The van der Waals surface area contributed by atoms with Gasteiger partial charge in [0.2, 0.25) is 5.91 Å². The van der Waals surface area contributed by atoms with Crippen LogP contribution < -0.4 is 11.1 Å². The van der Waals surface area contributed by atoms with E-state index in [-0.39, 0.29) is 30.1 Å². The molecule has 1 unspecified atom stereocenters. The smallest absolute Gasteiger partial charge is 0.338 e. The minimum atomic E-state index is -1.43. The number of hydrogen-bond donors (Lipinski definition) is 3. The molecular weight excluding hydrogens is 281 g/mol. The van der Waals surface area contributed by atoms with E-state index in [0.29, 0.717) is 0 Å². The Labute approximate surface area is 119 Å². The first-order valence-electron chi connectivity index (χ1n) is 6.20. The molecule has 21 heavy (non-hydrogen) atoms. The molecule has 1 aromatic rings. The summed E-state index contributed by atoms with van der Waals surface area (Å²) in [6.45, 7) is 0. The SMILES string of the molecule is CN1C(=O)CCC(Nc2cc(F)c(C(=O)O)cc2N)C1=O. The first-order chi connectivity index (χ1) is 9.81. The highest BCUT2D eigenvalue weighted by molar-refractivity contribution is 6.01. The summed E-state index contributed by atoms with van der Waals surface area (Å²) in [5, 5.41) is 11.5. The van der Waals surface area contributed by atoms with E-state index < -0.39 is 29.3 Å². The van der Waals surface area contributed by atoms with Gasteiger partial charge in [-0.15, -0.1) is 0 Å². The number of nitrogens with zero attached hydrogens (tertiary/aromatic N) is 1. The molecular formula is C13H14FN3O4. The van der Waals surface area contributed by atoms with Crippen molar-refractivity contribution >= 4 is 29.2 Å². The molecule has 1 aromatic carbocycles. The summed E-state index contributed by atoms with van der Waals surface area (Å²) >= 11 is 0. The highest BCUT2D eigenvalue weighted by atomic mass is 19.1. The lowest BCUT2D eigenvalue weighted by Gasteiger charge is -2.29. The second kappa shape index (κ2) is 5.39. The van der Waals surface area contributed by atoms with Gasteiger partial charge in [-0.3, -0.25) is 14.5 Å². The van der Waals surface area contributed by atoms with Gasteiger partial charge in [0.05, 0.1) is 16.9 Å². The Morgan fingerprint density at radius 1 is 1.48 bits per heavy atom. The number of carbonyl (C=O) groups is 3. The van der Waals surface area contributed by atoms with E-state index in [1.807, 2.05) is 0 Å². The van der Waals surface area contributed by atoms with Gasteiger partial charge >= 0.3 is 5.97 Å². The molecule has 0 radical (unpaired) electrons. The lowest BCUT2D eigenvalue weighted by atomic mass is 10.0. The highest BCUT2D eigenvalue weighted by Gasteiger charge is 2.32. The van der Waals surface area contributed by atoms with Gasteiger partial charge in [0.25, 0.3) is 5.91 Å². The van der Waals surface area contributed by atoms with Crippen LogP contribution in [-0.4, -0.2) is 40.9 Å². The Bertz CT molecular complexity index is 632. The van der Waals surface area contributed by atoms with E-state index in [0.717, 1.165) is 17.0 Å². The van der Waals surface area contributed by atoms with Gasteiger partial charge in [0.1, 0.15) is 11.9 Å². The largest absolute Gasteiger partial charge is 0.478 e. The number of aromatic carboxylic acids is 1. The zero-order valence-corrected chi connectivity index (χ0v) is 11.2. The maximum Gasteiger partial charge on any atom is 0.338 e. The van der Waals surface area contributed by atoms with E-state index in [1.54, 1.807) is 0 Å². The fourth-order valence-electron chi connectivity index (χ4n) is 2.12. The molecule has 1 saturated heterocycles. The summed E-state index contributed by atoms with van der Waals surface area (Å²) in [5.74, 6) is -3.09. The van der Waals surface area contributed by atoms with Gasteiger partial charge in [-0.05, 0) is 18.6 Å². The number of nitrogens with two attached hydrogens (primary N) is 1. The normalized spacial score (nSPS) is 18.8. The van der Waals surface area contributed by atoms with Crippen LogP contribution in [0.3, 0.4) is 0 Å². The van der Waals surface area contributed by atoms with Gasteiger partial charge in [-0.2, -0.15) is 0 Å². The fraction of sp³-hybridized carbons (Fsp3) is 0.308. The van der Waals surface area contributed by atoms with Gasteiger partial charge in [0.15, 0.2) is 0 Å². The molecule has 1 fully saturated rings. The molecule has 1 aliphatic rings. The van der Waals surface area contributed by atoms with E-state index in [2.05, 4.69) is 5.32 Å². The number of nitrogens with one attached hydrogen (secondary N) is 1. The number of piperidine rings is 1. The first kappa shape index (κ1) is 14.8. The summed E-state index contributed by atoms with van der Waals surface area (Å²) in [4.78, 5) is 35.1. The zero-order chi connectivity index (χ0) is 15.7. The molecule has 0 aliphatic carbocycles. The number of imide groups is 1. The Hall–Kier alpha value is -2.64. The van der Waals surface area contributed by atoms with E-state index in [4.69, 9.17) is 10.8 Å². The van der Waals surface area contributed by atoms with Crippen molar-refractivity contribution in [2.24, 2.45) is 0 Å². The zero-order valence-electron chi connectivity index (χ0n) is 11.2. The number of benzene rings is 1. The van der Waals surface area contributed by atoms with Crippen LogP contribution in [0.4, 0.5) is 15.8 Å². The van der Waals surface area contributed by atoms with Crippen LogP contribution in [0.15, 0.2) is 12.1 Å². The first-order valence-corrected chi connectivity index (χ1v) is 6.20. The molecule has 0 saturated carbocycles. The van der Waals surface area contributed by atoms with Crippen molar-refractivity contribution in [2.75, 3.05) is 18.1 Å². The number of halogens is 1. The second-order valence-corrected chi connectivity index (χ2v) is 4.75. The predicted octanol–water partition coefficient (Wildman–Crippen LogP) is 0.665. The number of anilines is 2. The van der Waals surface area contributed by atoms with Crippen molar-refractivity contribution < 1.29 is 23.9 Å². The summed E-state index contributed by atoms with van der Waals surface area (Å²) in [6, 6.07) is 1.22. The number of hydrogen-bond acceptors (Lipinski definition) is 5. The molecule has 1 atom stereocenters. The topological polar surface area (TPSA) is 113 Å². The molecule has 4 N–H and O–H groups in total. The molecule has 0 spiro atoms. The van der Waals surface area contributed by atoms with Crippen molar-refractivity contribution in [1.82, 2.24) is 4.90 Å². The lowest BCUT2D eigenvalue weighted by molar-refractivity contribution is -0.146. The number of rotatable bonds is 3. The third kappa shape index (κ3) is 2.78. The molecule has 7 nitrogen and oxygen atoms in total. The van der Waals surface area contributed by atoms with Gasteiger partial charge in [-0.25, -0.2) is 9.18 Å². The molecule has 0 bridgehead atoms. The fourth-order valence-corrected chi connectivity index (χ4v) is 2.12.